The van der Waals surface area contributed by atoms with Crippen LogP contribution in [0.1, 0.15) is 25.3 Å². The van der Waals surface area contributed by atoms with Crippen molar-refractivity contribution in [2.75, 3.05) is 17.3 Å². The summed E-state index contributed by atoms with van der Waals surface area (Å²) in [6.07, 6.45) is 3.39. The molecule has 2 rings (SSSR count). The van der Waals surface area contributed by atoms with Crippen molar-refractivity contribution in [3.05, 3.63) is 11.8 Å². The van der Waals surface area contributed by atoms with Crippen molar-refractivity contribution in [2.24, 2.45) is 5.92 Å². The Balaban J connectivity index is 2.27. The van der Waals surface area contributed by atoms with Crippen molar-refractivity contribution < 1.29 is 4.79 Å². The number of amides is 1. The second-order valence-corrected chi connectivity index (χ2v) is 4.91. The normalized spacial score (nSPS) is 20.3. The lowest BCUT2D eigenvalue weighted by molar-refractivity contribution is -0.117. The largest absolute Gasteiger partial charge is 0.296 e. The van der Waals surface area contributed by atoms with Gasteiger partial charge in [-0.2, -0.15) is 5.10 Å². The molecule has 94 valence electrons. The average Bonchev–Trinajstić information content (AvgIpc) is 2.83. The van der Waals surface area contributed by atoms with Gasteiger partial charge in [0.25, 0.3) is 0 Å². The molecule has 17 heavy (non-hydrogen) atoms. The van der Waals surface area contributed by atoms with Crippen LogP contribution in [0.4, 0.5) is 5.82 Å². The highest BCUT2D eigenvalue weighted by molar-refractivity contribution is 6.18. The van der Waals surface area contributed by atoms with Crippen molar-refractivity contribution >= 4 is 23.3 Å². The Morgan fingerprint density at radius 2 is 2.35 bits per heavy atom. The summed E-state index contributed by atoms with van der Waals surface area (Å²) in [5.74, 6) is 1.93. The third-order valence-corrected chi connectivity index (χ3v) is 3.54. The molecule has 1 fully saturated rings. The quantitative estimate of drug-likeness (QED) is 0.774. The highest BCUT2D eigenvalue weighted by Gasteiger charge is 2.32. The number of hydrogen-bond acceptors (Lipinski definition) is 2. The molecule has 1 aliphatic rings. The van der Waals surface area contributed by atoms with Crippen LogP contribution >= 0.6 is 11.6 Å². The molecule has 0 saturated carbocycles. The van der Waals surface area contributed by atoms with E-state index in [0.29, 0.717) is 12.3 Å². The Morgan fingerprint density at radius 3 is 2.94 bits per heavy atom. The van der Waals surface area contributed by atoms with Gasteiger partial charge in [0.2, 0.25) is 5.91 Å². The molecule has 0 N–H and O–H groups in total. The van der Waals surface area contributed by atoms with Gasteiger partial charge < -0.3 is 0 Å². The van der Waals surface area contributed by atoms with E-state index in [0.717, 1.165) is 30.9 Å². The first-order valence-electron chi connectivity index (χ1n) is 6.06. The number of anilines is 1. The van der Waals surface area contributed by atoms with E-state index in [2.05, 4.69) is 12.0 Å². The first-order valence-corrected chi connectivity index (χ1v) is 6.59. The lowest BCUT2D eigenvalue weighted by atomic mass is 10.1. The highest BCUT2D eigenvalue weighted by atomic mass is 35.5. The Hall–Kier alpha value is -1.03. The monoisotopic (exact) mass is 255 g/mol. The summed E-state index contributed by atoms with van der Waals surface area (Å²) in [4.78, 5) is 13.8. The van der Waals surface area contributed by atoms with Crippen molar-refractivity contribution in [2.45, 2.75) is 33.2 Å². The molecule has 1 amide bonds. The number of rotatable bonds is 4. The van der Waals surface area contributed by atoms with Crippen LogP contribution in [0.5, 0.6) is 0 Å². The van der Waals surface area contributed by atoms with Crippen LogP contribution < -0.4 is 4.90 Å². The summed E-state index contributed by atoms with van der Waals surface area (Å²) in [7, 11) is 0. The molecule has 1 aliphatic heterocycles. The van der Waals surface area contributed by atoms with Gasteiger partial charge >= 0.3 is 0 Å². The zero-order chi connectivity index (χ0) is 12.4. The maximum atomic E-state index is 12.0. The van der Waals surface area contributed by atoms with Crippen LogP contribution in [0.2, 0.25) is 0 Å². The molecule has 1 aromatic heterocycles. The van der Waals surface area contributed by atoms with Gasteiger partial charge in [0.15, 0.2) is 0 Å². The van der Waals surface area contributed by atoms with Crippen molar-refractivity contribution in [1.29, 1.82) is 0 Å². The third-order valence-electron chi connectivity index (χ3n) is 3.10. The molecule has 5 heteroatoms. The number of aryl methyl sites for hydroxylation is 2. The van der Waals surface area contributed by atoms with Gasteiger partial charge in [0, 0.05) is 31.0 Å². The van der Waals surface area contributed by atoms with Gasteiger partial charge in [-0.1, -0.05) is 6.92 Å². The number of hydrogen-bond donors (Lipinski definition) is 0. The number of carbonyl (C=O) groups is 1. The molecule has 4 nitrogen and oxygen atoms in total. The fourth-order valence-electron chi connectivity index (χ4n) is 2.29. The molecular formula is C12H18ClN3O. The number of aromatic nitrogens is 2. The summed E-state index contributed by atoms with van der Waals surface area (Å²) in [5.41, 5.74) is 1.06. The molecule has 1 aromatic rings. The van der Waals surface area contributed by atoms with Crippen LogP contribution in [0.3, 0.4) is 0 Å². The average molecular weight is 256 g/mol. The van der Waals surface area contributed by atoms with Gasteiger partial charge in [-0.25, -0.2) is 4.68 Å². The van der Waals surface area contributed by atoms with Gasteiger partial charge in [-0.05, 0) is 19.3 Å². The molecule has 0 aliphatic carbocycles. The minimum absolute atomic E-state index is 0.164. The summed E-state index contributed by atoms with van der Waals surface area (Å²) in [6, 6.07) is 0. The minimum atomic E-state index is 0.164. The Labute approximate surface area is 107 Å². The van der Waals surface area contributed by atoms with E-state index in [4.69, 9.17) is 11.6 Å². The Bertz CT molecular complexity index is 416. The third kappa shape index (κ3) is 2.32. The van der Waals surface area contributed by atoms with E-state index in [1.807, 2.05) is 22.7 Å². The highest BCUT2D eigenvalue weighted by Crippen LogP contribution is 2.28. The van der Waals surface area contributed by atoms with Crippen LogP contribution in [-0.2, 0) is 11.3 Å². The van der Waals surface area contributed by atoms with E-state index in [1.165, 1.54) is 0 Å². The van der Waals surface area contributed by atoms with E-state index >= 15 is 0 Å². The summed E-state index contributed by atoms with van der Waals surface area (Å²) in [6.45, 7) is 5.67. The molecule has 2 heterocycles. The number of alkyl halides is 1. The molecule has 1 saturated heterocycles. The van der Waals surface area contributed by atoms with Crippen LogP contribution in [0, 0.1) is 12.8 Å². The summed E-state index contributed by atoms with van der Waals surface area (Å²) >= 11 is 5.84. The number of carbonyl (C=O) groups excluding carboxylic acids is 1. The van der Waals surface area contributed by atoms with Crippen LogP contribution in [0.15, 0.2) is 6.20 Å². The lowest BCUT2D eigenvalue weighted by Crippen LogP contribution is -2.28. The van der Waals surface area contributed by atoms with Gasteiger partial charge in [-0.15, -0.1) is 11.6 Å². The maximum Gasteiger partial charge on any atom is 0.228 e. The molecular weight excluding hydrogens is 238 g/mol. The van der Waals surface area contributed by atoms with Gasteiger partial charge in [-0.3, -0.25) is 9.69 Å². The maximum absolute atomic E-state index is 12.0. The van der Waals surface area contributed by atoms with Crippen molar-refractivity contribution in [1.82, 2.24) is 9.78 Å². The predicted molar refractivity (Wildman–Crippen MR) is 68.4 cm³/mol. The number of nitrogens with zero attached hydrogens (tertiary/aromatic N) is 3. The topological polar surface area (TPSA) is 38.1 Å². The first kappa shape index (κ1) is 12.4. The molecule has 0 aromatic carbocycles. The second kappa shape index (κ2) is 5.08. The zero-order valence-electron chi connectivity index (χ0n) is 10.3. The van der Waals surface area contributed by atoms with E-state index in [1.54, 1.807) is 0 Å². The van der Waals surface area contributed by atoms with Gasteiger partial charge in [0.1, 0.15) is 5.82 Å². The molecule has 0 spiro atoms. The van der Waals surface area contributed by atoms with Crippen LogP contribution in [-0.4, -0.2) is 28.1 Å². The van der Waals surface area contributed by atoms with E-state index in [9.17, 15) is 4.79 Å². The molecule has 1 atom stereocenters. The minimum Gasteiger partial charge on any atom is -0.296 e. The summed E-state index contributed by atoms with van der Waals surface area (Å²) < 4.78 is 1.92. The molecule has 1 unspecified atom stereocenters. The summed E-state index contributed by atoms with van der Waals surface area (Å²) in [5, 5.41) is 4.33. The van der Waals surface area contributed by atoms with E-state index < -0.39 is 0 Å². The smallest absolute Gasteiger partial charge is 0.228 e. The predicted octanol–water partition coefficient (Wildman–Crippen LogP) is 2.19. The van der Waals surface area contributed by atoms with Crippen LogP contribution in [0.25, 0.3) is 0 Å². The van der Waals surface area contributed by atoms with Crippen molar-refractivity contribution in [3.8, 4) is 0 Å². The van der Waals surface area contributed by atoms with Crippen molar-refractivity contribution in [3.63, 3.8) is 0 Å². The number of halogens is 1. The second-order valence-electron chi connectivity index (χ2n) is 4.60. The standard InChI is InChI=1S/C12H18ClN3O/c1-3-4-16-12(9(2)7-14-16)15-8-10(6-13)5-11(15)17/h7,10H,3-6,8H2,1-2H3. The Morgan fingerprint density at radius 1 is 1.59 bits per heavy atom. The lowest BCUT2D eigenvalue weighted by Gasteiger charge is -2.19. The van der Waals surface area contributed by atoms with E-state index in [-0.39, 0.29) is 11.8 Å². The first-order chi connectivity index (χ1) is 8.17. The van der Waals surface area contributed by atoms with Gasteiger partial charge in [0.05, 0.1) is 6.20 Å². The Kier molecular flexibility index (Phi) is 3.72. The molecule has 0 radical (unpaired) electrons. The SMILES string of the molecule is CCCn1ncc(C)c1N1CC(CCl)CC1=O. The fraction of sp³-hybridized carbons (Fsp3) is 0.667. The molecule has 0 bridgehead atoms. The zero-order valence-corrected chi connectivity index (χ0v) is 11.1. The fourth-order valence-corrected chi connectivity index (χ4v) is 2.50.